The topological polar surface area (TPSA) is 41.1 Å². The van der Waals surface area contributed by atoms with Crippen LogP contribution in [0.5, 0.6) is 0 Å². The summed E-state index contributed by atoms with van der Waals surface area (Å²) >= 11 is 1.72. The van der Waals surface area contributed by atoms with Crippen LogP contribution in [0.25, 0.3) is 0 Å². The summed E-state index contributed by atoms with van der Waals surface area (Å²) in [5.41, 5.74) is 1.06. The molecule has 0 aromatic heterocycles. The molecule has 0 saturated heterocycles. The second-order valence-corrected chi connectivity index (χ2v) is 5.01. The zero-order valence-electron chi connectivity index (χ0n) is 10.6. The molecule has 1 aromatic carbocycles. The number of anilines is 1. The van der Waals surface area contributed by atoms with Gasteiger partial charge >= 0.3 is 0 Å². The number of thioether (sulfide) groups is 1. The van der Waals surface area contributed by atoms with Crippen LogP contribution in [0.2, 0.25) is 0 Å². The third-order valence-electron chi connectivity index (χ3n) is 2.22. The lowest BCUT2D eigenvalue weighted by Gasteiger charge is -2.09. The van der Waals surface area contributed by atoms with Crippen LogP contribution in [0.3, 0.4) is 0 Å². The van der Waals surface area contributed by atoms with E-state index in [-0.39, 0.29) is 11.9 Å². The molecule has 94 valence electrons. The highest BCUT2D eigenvalue weighted by Gasteiger charge is 2.02. The van der Waals surface area contributed by atoms with Crippen molar-refractivity contribution < 1.29 is 4.79 Å². The standard InChI is InChI=1S/C13H20N2OS/c1-10(2)15-13(16)8-9-14-11-4-6-12(17-3)7-5-11/h4-7,10,14H,8-9H2,1-3H3,(H,15,16). The van der Waals surface area contributed by atoms with E-state index < -0.39 is 0 Å². The number of benzene rings is 1. The van der Waals surface area contributed by atoms with E-state index in [4.69, 9.17) is 0 Å². The summed E-state index contributed by atoms with van der Waals surface area (Å²) in [7, 11) is 0. The molecule has 2 N–H and O–H groups in total. The van der Waals surface area contributed by atoms with Gasteiger partial charge in [0.1, 0.15) is 0 Å². The van der Waals surface area contributed by atoms with Gasteiger partial charge in [-0.25, -0.2) is 0 Å². The molecule has 0 aliphatic rings. The van der Waals surface area contributed by atoms with Crippen molar-refractivity contribution in [3.63, 3.8) is 0 Å². The lowest BCUT2D eigenvalue weighted by molar-refractivity contribution is -0.121. The lowest BCUT2D eigenvalue weighted by atomic mass is 10.3. The Morgan fingerprint density at radius 1 is 1.29 bits per heavy atom. The van der Waals surface area contributed by atoms with Gasteiger partial charge in [0, 0.05) is 29.6 Å². The highest BCUT2D eigenvalue weighted by atomic mass is 32.2. The summed E-state index contributed by atoms with van der Waals surface area (Å²) in [4.78, 5) is 12.6. The zero-order chi connectivity index (χ0) is 12.7. The number of nitrogens with one attached hydrogen (secondary N) is 2. The predicted octanol–water partition coefficient (Wildman–Crippen LogP) is 2.74. The van der Waals surface area contributed by atoms with Gasteiger partial charge in [0.25, 0.3) is 0 Å². The van der Waals surface area contributed by atoms with Crippen LogP contribution in [0.15, 0.2) is 29.2 Å². The van der Waals surface area contributed by atoms with E-state index in [9.17, 15) is 4.79 Å². The number of hydrogen-bond donors (Lipinski definition) is 2. The van der Waals surface area contributed by atoms with Gasteiger partial charge in [-0.15, -0.1) is 11.8 Å². The van der Waals surface area contributed by atoms with E-state index in [2.05, 4.69) is 29.0 Å². The highest BCUT2D eigenvalue weighted by molar-refractivity contribution is 7.98. The first-order valence-corrected chi connectivity index (χ1v) is 7.01. The lowest BCUT2D eigenvalue weighted by Crippen LogP contribution is -2.31. The minimum absolute atomic E-state index is 0.0910. The minimum atomic E-state index is 0.0910. The van der Waals surface area contributed by atoms with Crippen molar-refractivity contribution in [3.05, 3.63) is 24.3 Å². The third-order valence-corrected chi connectivity index (χ3v) is 2.96. The predicted molar refractivity (Wildman–Crippen MR) is 74.6 cm³/mol. The van der Waals surface area contributed by atoms with E-state index in [1.807, 2.05) is 26.0 Å². The van der Waals surface area contributed by atoms with E-state index in [1.54, 1.807) is 11.8 Å². The Morgan fingerprint density at radius 2 is 1.94 bits per heavy atom. The first-order chi connectivity index (χ1) is 8.11. The van der Waals surface area contributed by atoms with Crippen LogP contribution in [0, 0.1) is 0 Å². The number of hydrogen-bond acceptors (Lipinski definition) is 3. The molecule has 0 bridgehead atoms. The average Bonchev–Trinajstić information content (AvgIpc) is 2.29. The molecule has 0 fully saturated rings. The van der Waals surface area contributed by atoms with Gasteiger partial charge in [-0.1, -0.05) is 0 Å². The molecular weight excluding hydrogens is 232 g/mol. The Kier molecular flexibility index (Phi) is 5.91. The van der Waals surface area contributed by atoms with Gasteiger partial charge in [0.05, 0.1) is 0 Å². The number of carbonyl (C=O) groups is 1. The molecular formula is C13H20N2OS. The smallest absolute Gasteiger partial charge is 0.221 e. The Bertz CT molecular complexity index is 349. The van der Waals surface area contributed by atoms with Crippen LogP contribution in [-0.2, 0) is 4.79 Å². The first kappa shape index (κ1) is 13.9. The molecule has 0 radical (unpaired) electrons. The van der Waals surface area contributed by atoms with Gasteiger partial charge in [0.2, 0.25) is 5.91 Å². The SMILES string of the molecule is CSc1ccc(NCCC(=O)NC(C)C)cc1. The van der Waals surface area contributed by atoms with E-state index in [1.165, 1.54) is 4.90 Å². The second kappa shape index (κ2) is 7.22. The van der Waals surface area contributed by atoms with Crippen LogP contribution in [0.4, 0.5) is 5.69 Å². The van der Waals surface area contributed by atoms with Crippen molar-refractivity contribution in [2.75, 3.05) is 18.1 Å². The van der Waals surface area contributed by atoms with Crippen molar-refractivity contribution in [1.29, 1.82) is 0 Å². The fourth-order valence-electron chi connectivity index (χ4n) is 1.42. The first-order valence-electron chi connectivity index (χ1n) is 5.79. The number of rotatable bonds is 6. The zero-order valence-corrected chi connectivity index (χ0v) is 11.4. The average molecular weight is 252 g/mol. The molecule has 0 unspecified atom stereocenters. The van der Waals surface area contributed by atoms with Crippen molar-refractivity contribution in [2.24, 2.45) is 0 Å². The fourth-order valence-corrected chi connectivity index (χ4v) is 1.83. The maximum absolute atomic E-state index is 11.4. The Balaban J connectivity index is 2.28. The van der Waals surface area contributed by atoms with Crippen LogP contribution < -0.4 is 10.6 Å². The van der Waals surface area contributed by atoms with Crippen LogP contribution >= 0.6 is 11.8 Å². The van der Waals surface area contributed by atoms with Crippen LogP contribution in [0.1, 0.15) is 20.3 Å². The van der Waals surface area contributed by atoms with Crippen molar-refractivity contribution in [1.82, 2.24) is 5.32 Å². The van der Waals surface area contributed by atoms with Gasteiger partial charge in [0.15, 0.2) is 0 Å². The summed E-state index contributed by atoms with van der Waals surface area (Å²) in [5, 5.41) is 6.10. The molecule has 0 aliphatic heterocycles. The number of amides is 1. The van der Waals surface area contributed by atoms with Gasteiger partial charge in [-0.05, 0) is 44.4 Å². The summed E-state index contributed by atoms with van der Waals surface area (Å²) in [6, 6.07) is 8.42. The Hall–Kier alpha value is -1.16. The second-order valence-electron chi connectivity index (χ2n) is 4.13. The van der Waals surface area contributed by atoms with Crippen molar-refractivity contribution >= 4 is 23.4 Å². The maximum atomic E-state index is 11.4. The molecule has 1 rings (SSSR count). The van der Waals surface area contributed by atoms with E-state index >= 15 is 0 Å². The normalized spacial score (nSPS) is 10.4. The van der Waals surface area contributed by atoms with Gasteiger partial charge < -0.3 is 10.6 Å². The monoisotopic (exact) mass is 252 g/mol. The summed E-state index contributed by atoms with van der Waals surface area (Å²) in [5.74, 6) is 0.0910. The van der Waals surface area contributed by atoms with E-state index in [0.717, 1.165) is 5.69 Å². The van der Waals surface area contributed by atoms with E-state index in [0.29, 0.717) is 13.0 Å². The molecule has 0 saturated carbocycles. The molecule has 17 heavy (non-hydrogen) atoms. The number of carbonyl (C=O) groups excluding carboxylic acids is 1. The van der Waals surface area contributed by atoms with Gasteiger partial charge in [-0.2, -0.15) is 0 Å². The third kappa shape index (κ3) is 5.63. The Labute approximate surface area is 107 Å². The molecule has 1 aromatic rings. The summed E-state index contributed by atoms with van der Waals surface area (Å²) in [6.45, 7) is 4.59. The molecule has 0 heterocycles. The molecule has 3 nitrogen and oxygen atoms in total. The molecule has 0 aliphatic carbocycles. The quantitative estimate of drug-likeness (QED) is 0.765. The molecule has 4 heteroatoms. The Morgan fingerprint density at radius 3 is 2.47 bits per heavy atom. The molecule has 0 atom stereocenters. The largest absolute Gasteiger partial charge is 0.385 e. The minimum Gasteiger partial charge on any atom is -0.385 e. The van der Waals surface area contributed by atoms with Crippen LogP contribution in [-0.4, -0.2) is 24.7 Å². The summed E-state index contributed by atoms with van der Waals surface area (Å²) in [6.07, 6.45) is 2.56. The van der Waals surface area contributed by atoms with Crippen molar-refractivity contribution in [3.8, 4) is 0 Å². The molecule has 1 amide bonds. The fraction of sp³-hybridized carbons (Fsp3) is 0.462. The maximum Gasteiger partial charge on any atom is 0.221 e. The summed E-state index contributed by atoms with van der Waals surface area (Å²) < 4.78 is 0. The molecule has 0 spiro atoms. The van der Waals surface area contributed by atoms with Crippen molar-refractivity contribution in [2.45, 2.75) is 31.2 Å². The van der Waals surface area contributed by atoms with Gasteiger partial charge in [-0.3, -0.25) is 4.79 Å². The highest BCUT2D eigenvalue weighted by Crippen LogP contribution is 2.17.